The molecule has 0 unspecified atom stereocenters. The van der Waals surface area contributed by atoms with Crippen molar-refractivity contribution in [2.45, 2.75) is 19.3 Å². The van der Waals surface area contributed by atoms with Crippen LogP contribution in [0.1, 0.15) is 29.8 Å². The molecule has 0 bridgehead atoms. The Balaban J connectivity index is 1.79. The van der Waals surface area contributed by atoms with Gasteiger partial charge < -0.3 is 10.2 Å². The average molecular weight is 335 g/mol. The maximum atomic E-state index is 13.7. The molecule has 0 aliphatic carbocycles. The van der Waals surface area contributed by atoms with E-state index < -0.39 is 29.0 Å². The molecular formula is C17H16F3N3O. The predicted octanol–water partition coefficient (Wildman–Crippen LogP) is 3.74. The van der Waals surface area contributed by atoms with Crippen LogP contribution in [0, 0.1) is 17.5 Å². The summed E-state index contributed by atoms with van der Waals surface area (Å²) in [5.41, 5.74) is 0.520. The quantitative estimate of drug-likeness (QED) is 0.869. The van der Waals surface area contributed by atoms with E-state index in [-0.39, 0.29) is 5.69 Å². The van der Waals surface area contributed by atoms with Crippen LogP contribution >= 0.6 is 0 Å². The van der Waals surface area contributed by atoms with E-state index in [9.17, 15) is 18.0 Å². The summed E-state index contributed by atoms with van der Waals surface area (Å²) in [6.45, 7) is 1.81. The fourth-order valence-electron chi connectivity index (χ4n) is 2.70. The van der Waals surface area contributed by atoms with Crippen molar-refractivity contribution in [2.75, 3.05) is 23.3 Å². The van der Waals surface area contributed by atoms with Gasteiger partial charge in [-0.25, -0.2) is 13.2 Å². The molecule has 1 saturated heterocycles. The predicted molar refractivity (Wildman–Crippen MR) is 84.6 cm³/mol. The first kappa shape index (κ1) is 16.3. The van der Waals surface area contributed by atoms with Gasteiger partial charge in [0.1, 0.15) is 5.69 Å². The number of aromatic nitrogens is 1. The van der Waals surface area contributed by atoms with E-state index in [4.69, 9.17) is 0 Å². The van der Waals surface area contributed by atoms with Crippen LogP contribution in [0.2, 0.25) is 0 Å². The number of hydrogen-bond donors (Lipinski definition) is 1. The summed E-state index contributed by atoms with van der Waals surface area (Å²) in [6.07, 6.45) is 4.86. The molecule has 2 aromatic rings. The van der Waals surface area contributed by atoms with Crippen LogP contribution in [-0.4, -0.2) is 24.0 Å². The van der Waals surface area contributed by atoms with E-state index >= 15 is 0 Å². The van der Waals surface area contributed by atoms with Crippen molar-refractivity contribution in [3.05, 3.63) is 53.6 Å². The molecule has 1 aromatic heterocycles. The number of hydrogen-bond acceptors (Lipinski definition) is 3. The lowest BCUT2D eigenvalue weighted by Crippen LogP contribution is -2.29. The molecule has 1 fully saturated rings. The van der Waals surface area contributed by atoms with Gasteiger partial charge in [0.2, 0.25) is 0 Å². The Kier molecular flexibility index (Phi) is 4.69. The Morgan fingerprint density at radius 1 is 1.04 bits per heavy atom. The van der Waals surface area contributed by atoms with Gasteiger partial charge in [0.05, 0.1) is 5.69 Å². The van der Waals surface area contributed by atoms with Gasteiger partial charge >= 0.3 is 0 Å². The van der Waals surface area contributed by atoms with Gasteiger partial charge in [-0.3, -0.25) is 9.78 Å². The van der Waals surface area contributed by atoms with Gasteiger partial charge in [0.25, 0.3) is 5.91 Å². The van der Waals surface area contributed by atoms with Gasteiger partial charge in [-0.1, -0.05) is 0 Å². The third kappa shape index (κ3) is 3.34. The fraction of sp³-hybridized carbons (Fsp3) is 0.294. The van der Waals surface area contributed by atoms with Gasteiger partial charge in [0.15, 0.2) is 17.5 Å². The summed E-state index contributed by atoms with van der Waals surface area (Å²) < 4.78 is 39.8. The number of rotatable bonds is 3. The van der Waals surface area contributed by atoms with Crippen molar-refractivity contribution >= 4 is 17.3 Å². The molecule has 1 N–H and O–H groups in total. The van der Waals surface area contributed by atoms with Crippen LogP contribution in [-0.2, 0) is 0 Å². The second kappa shape index (κ2) is 6.90. The van der Waals surface area contributed by atoms with Crippen molar-refractivity contribution in [3.63, 3.8) is 0 Å². The van der Waals surface area contributed by atoms with E-state index in [1.54, 1.807) is 12.1 Å². The Labute approximate surface area is 137 Å². The van der Waals surface area contributed by atoms with E-state index in [1.807, 2.05) is 0 Å². The zero-order valence-electron chi connectivity index (χ0n) is 12.9. The third-order valence-electron chi connectivity index (χ3n) is 3.98. The summed E-state index contributed by atoms with van der Waals surface area (Å²) in [5.74, 6) is -5.05. The summed E-state index contributed by atoms with van der Waals surface area (Å²) in [5, 5.41) is 2.22. The normalized spacial score (nSPS) is 14.5. The summed E-state index contributed by atoms with van der Waals surface area (Å²) in [7, 11) is 0. The highest BCUT2D eigenvalue weighted by atomic mass is 19.2. The molecule has 0 spiro atoms. The summed E-state index contributed by atoms with van der Waals surface area (Å²) in [6, 6.07) is 5.14. The number of benzene rings is 1. The molecule has 126 valence electrons. The summed E-state index contributed by atoms with van der Waals surface area (Å²) >= 11 is 0. The monoisotopic (exact) mass is 335 g/mol. The molecule has 7 heteroatoms. The molecule has 0 atom stereocenters. The molecule has 1 amide bonds. The Hall–Kier alpha value is -2.57. The van der Waals surface area contributed by atoms with Gasteiger partial charge in [-0.2, -0.15) is 0 Å². The van der Waals surface area contributed by atoms with Crippen molar-refractivity contribution in [3.8, 4) is 0 Å². The number of anilines is 2. The van der Waals surface area contributed by atoms with E-state index in [1.165, 1.54) is 12.6 Å². The van der Waals surface area contributed by atoms with Crippen molar-refractivity contribution in [1.29, 1.82) is 0 Å². The molecule has 3 rings (SSSR count). The average Bonchev–Trinajstić information content (AvgIpc) is 2.63. The van der Waals surface area contributed by atoms with Crippen molar-refractivity contribution < 1.29 is 18.0 Å². The first-order valence-electron chi connectivity index (χ1n) is 7.72. The topological polar surface area (TPSA) is 45.2 Å². The maximum Gasteiger partial charge on any atom is 0.274 e. The van der Waals surface area contributed by atoms with Crippen LogP contribution in [0.15, 0.2) is 30.5 Å². The Morgan fingerprint density at radius 2 is 1.79 bits per heavy atom. The SMILES string of the molecule is O=C(Nc1ccc(F)c(F)c1F)c1cc(N2CCCCC2)ccn1. The lowest BCUT2D eigenvalue weighted by atomic mass is 10.1. The first-order chi connectivity index (χ1) is 11.6. The lowest BCUT2D eigenvalue weighted by molar-refractivity contribution is 0.102. The molecule has 0 radical (unpaired) electrons. The number of carbonyl (C=O) groups excluding carboxylic acids is 1. The first-order valence-corrected chi connectivity index (χ1v) is 7.72. The van der Waals surface area contributed by atoms with E-state index in [2.05, 4.69) is 15.2 Å². The number of amides is 1. The minimum atomic E-state index is -1.62. The Morgan fingerprint density at radius 3 is 2.54 bits per heavy atom. The maximum absolute atomic E-state index is 13.7. The number of nitrogens with one attached hydrogen (secondary N) is 1. The number of piperidine rings is 1. The zero-order valence-corrected chi connectivity index (χ0v) is 12.9. The number of carbonyl (C=O) groups is 1. The van der Waals surface area contributed by atoms with Crippen LogP contribution in [0.3, 0.4) is 0 Å². The highest BCUT2D eigenvalue weighted by molar-refractivity contribution is 6.03. The number of pyridine rings is 1. The summed E-state index contributed by atoms with van der Waals surface area (Å²) in [4.78, 5) is 18.3. The molecule has 2 heterocycles. The van der Waals surface area contributed by atoms with Gasteiger partial charge in [-0.15, -0.1) is 0 Å². The van der Waals surface area contributed by atoms with Gasteiger partial charge in [-0.05, 0) is 43.5 Å². The minimum Gasteiger partial charge on any atom is -0.371 e. The van der Waals surface area contributed by atoms with Crippen LogP contribution in [0.25, 0.3) is 0 Å². The van der Waals surface area contributed by atoms with E-state index in [0.717, 1.165) is 43.8 Å². The highest BCUT2D eigenvalue weighted by Gasteiger charge is 2.18. The fourth-order valence-corrected chi connectivity index (χ4v) is 2.70. The molecule has 0 saturated carbocycles. The van der Waals surface area contributed by atoms with Crippen LogP contribution in [0.4, 0.5) is 24.5 Å². The Bertz CT molecular complexity index is 761. The lowest BCUT2D eigenvalue weighted by Gasteiger charge is -2.28. The standard InChI is InChI=1S/C17H16F3N3O/c18-12-4-5-13(16(20)15(12)19)22-17(24)14-10-11(6-7-21-14)23-8-2-1-3-9-23/h4-7,10H,1-3,8-9H2,(H,22,24). The molecule has 1 aromatic carbocycles. The zero-order chi connectivity index (χ0) is 17.1. The van der Waals surface area contributed by atoms with Crippen LogP contribution < -0.4 is 10.2 Å². The third-order valence-corrected chi connectivity index (χ3v) is 3.98. The molecule has 4 nitrogen and oxygen atoms in total. The number of halogens is 3. The van der Waals surface area contributed by atoms with Crippen molar-refractivity contribution in [2.24, 2.45) is 0 Å². The highest BCUT2D eigenvalue weighted by Crippen LogP contribution is 2.22. The number of nitrogens with zero attached hydrogens (tertiary/aromatic N) is 2. The largest absolute Gasteiger partial charge is 0.371 e. The second-order valence-electron chi connectivity index (χ2n) is 5.62. The molecular weight excluding hydrogens is 319 g/mol. The molecule has 24 heavy (non-hydrogen) atoms. The van der Waals surface area contributed by atoms with Crippen LogP contribution in [0.5, 0.6) is 0 Å². The smallest absolute Gasteiger partial charge is 0.274 e. The molecule has 1 aliphatic rings. The van der Waals surface area contributed by atoms with Gasteiger partial charge in [0, 0.05) is 25.0 Å². The van der Waals surface area contributed by atoms with E-state index in [0.29, 0.717) is 0 Å². The van der Waals surface area contributed by atoms with Crippen molar-refractivity contribution in [1.82, 2.24) is 4.98 Å². The minimum absolute atomic E-state index is 0.0854. The molecule has 1 aliphatic heterocycles. The second-order valence-corrected chi connectivity index (χ2v) is 5.62.